The van der Waals surface area contributed by atoms with Gasteiger partial charge in [-0.05, 0) is 42.5 Å². The molecule has 1 saturated carbocycles. The number of aromatic hydroxyl groups is 1. The van der Waals surface area contributed by atoms with Crippen molar-refractivity contribution in [1.29, 1.82) is 0 Å². The number of hydrogen-bond acceptors (Lipinski definition) is 4. The number of aliphatic hydroxyl groups is 1. The average molecular weight is 357 g/mol. The third kappa shape index (κ3) is 2.86. The fourth-order valence-electron chi connectivity index (χ4n) is 3.55. The molecule has 1 aromatic carbocycles. The van der Waals surface area contributed by atoms with Crippen molar-refractivity contribution in [3.8, 4) is 28.0 Å². The zero-order valence-corrected chi connectivity index (χ0v) is 14.6. The Kier molecular flexibility index (Phi) is 3.69. The van der Waals surface area contributed by atoms with E-state index in [1.807, 2.05) is 30.5 Å². The van der Waals surface area contributed by atoms with Gasteiger partial charge in [-0.3, -0.25) is 4.98 Å². The van der Waals surface area contributed by atoms with E-state index in [1.54, 1.807) is 30.7 Å². The summed E-state index contributed by atoms with van der Waals surface area (Å²) in [6, 6.07) is 11.3. The van der Waals surface area contributed by atoms with E-state index < -0.39 is 6.10 Å². The van der Waals surface area contributed by atoms with Crippen LogP contribution in [0.4, 0.5) is 0 Å². The number of nitrogens with one attached hydrogen (secondary N) is 1. The predicted molar refractivity (Wildman–Crippen MR) is 104 cm³/mol. The Labute approximate surface area is 156 Å². The van der Waals surface area contributed by atoms with Crippen LogP contribution in [-0.2, 0) is 0 Å². The van der Waals surface area contributed by atoms with E-state index in [0.717, 1.165) is 51.7 Å². The summed E-state index contributed by atoms with van der Waals surface area (Å²) in [6.45, 7) is 0. The second-order valence-electron chi connectivity index (χ2n) is 7.13. The van der Waals surface area contributed by atoms with Crippen molar-refractivity contribution in [2.75, 3.05) is 0 Å². The van der Waals surface area contributed by atoms with Gasteiger partial charge in [-0.2, -0.15) is 0 Å². The van der Waals surface area contributed by atoms with E-state index in [1.165, 1.54) is 0 Å². The molecule has 134 valence electrons. The molecule has 5 heteroatoms. The third-order valence-electron chi connectivity index (χ3n) is 5.23. The van der Waals surface area contributed by atoms with Gasteiger partial charge in [0.05, 0.1) is 6.10 Å². The summed E-state index contributed by atoms with van der Waals surface area (Å²) in [6.07, 6.45) is 8.90. The maximum Gasteiger partial charge on any atom is 0.137 e. The van der Waals surface area contributed by atoms with Crippen molar-refractivity contribution in [1.82, 2.24) is 15.0 Å². The minimum atomic E-state index is -0.446. The Morgan fingerprint density at radius 3 is 2.63 bits per heavy atom. The van der Waals surface area contributed by atoms with Crippen LogP contribution in [-0.4, -0.2) is 25.2 Å². The molecule has 1 fully saturated rings. The Morgan fingerprint density at radius 2 is 1.81 bits per heavy atom. The second-order valence-corrected chi connectivity index (χ2v) is 7.13. The van der Waals surface area contributed by atoms with Crippen molar-refractivity contribution in [2.45, 2.75) is 18.9 Å². The van der Waals surface area contributed by atoms with Crippen LogP contribution in [0.1, 0.15) is 24.5 Å². The number of phenols is 1. The van der Waals surface area contributed by atoms with Crippen LogP contribution in [0.2, 0.25) is 0 Å². The van der Waals surface area contributed by atoms with Crippen LogP contribution in [0, 0.1) is 5.92 Å². The van der Waals surface area contributed by atoms with E-state index in [4.69, 9.17) is 0 Å². The number of hydrogen-bond donors (Lipinski definition) is 3. The number of aromatic amines is 1. The fraction of sp³-hybridized carbons (Fsp3) is 0.182. The summed E-state index contributed by atoms with van der Waals surface area (Å²) < 4.78 is 0. The fourth-order valence-corrected chi connectivity index (χ4v) is 3.55. The zero-order chi connectivity index (χ0) is 18.4. The van der Waals surface area contributed by atoms with E-state index >= 15 is 0 Å². The highest BCUT2D eigenvalue weighted by Crippen LogP contribution is 2.41. The van der Waals surface area contributed by atoms with Gasteiger partial charge in [0.1, 0.15) is 11.4 Å². The number of H-pyrrole nitrogens is 1. The number of nitrogens with zero attached hydrogens (tertiary/aromatic N) is 2. The topological polar surface area (TPSA) is 82.0 Å². The van der Waals surface area contributed by atoms with Gasteiger partial charge in [-0.15, -0.1) is 0 Å². The minimum absolute atomic E-state index is 0.236. The maximum absolute atomic E-state index is 10.4. The molecule has 0 bridgehead atoms. The maximum atomic E-state index is 10.4. The number of benzene rings is 1. The number of para-hydroxylation sites is 1. The summed E-state index contributed by atoms with van der Waals surface area (Å²) in [5, 5.41) is 21.5. The molecule has 1 atom stereocenters. The monoisotopic (exact) mass is 357 g/mol. The molecule has 1 aliphatic carbocycles. The summed E-state index contributed by atoms with van der Waals surface area (Å²) in [4.78, 5) is 12.0. The van der Waals surface area contributed by atoms with Gasteiger partial charge in [-0.1, -0.05) is 18.2 Å². The van der Waals surface area contributed by atoms with Crippen LogP contribution in [0.3, 0.4) is 0 Å². The molecule has 0 radical (unpaired) electrons. The van der Waals surface area contributed by atoms with E-state index in [0.29, 0.717) is 5.92 Å². The van der Waals surface area contributed by atoms with Crippen molar-refractivity contribution >= 4 is 11.0 Å². The molecule has 1 unspecified atom stereocenters. The first-order valence-electron chi connectivity index (χ1n) is 9.09. The number of rotatable bonds is 4. The summed E-state index contributed by atoms with van der Waals surface area (Å²) >= 11 is 0. The van der Waals surface area contributed by atoms with E-state index in [-0.39, 0.29) is 5.75 Å². The summed E-state index contributed by atoms with van der Waals surface area (Å²) in [5.74, 6) is 0.597. The minimum Gasteiger partial charge on any atom is -0.507 e. The smallest absolute Gasteiger partial charge is 0.137 e. The molecule has 4 aromatic rings. The molecular weight excluding hydrogens is 338 g/mol. The van der Waals surface area contributed by atoms with Crippen LogP contribution in [0.25, 0.3) is 33.3 Å². The largest absolute Gasteiger partial charge is 0.507 e. The lowest BCUT2D eigenvalue weighted by Gasteiger charge is -2.11. The van der Waals surface area contributed by atoms with E-state index in [9.17, 15) is 10.2 Å². The highest BCUT2D eigenvalue weighted by atomic mass is 16.3. The lowest BCUT2D eigenvalue weighted by Crippen LogP contribution is -2.00. The van der Waals surface area contributed by atoms with Crippen LogP contribution < -0.4 is 0 Å². The Hall–Kier alpha value is -3.18. The molecule has 3 N–H and O–H groups in total. The highest BCUT2D eigenvalue weighted by Gasteiger charge is 2.31. The number of phenolic OH excluding ortho intramolecular Hbond substituents is 1. The molecule has 5 nitrogen and oxygen atoms in total. The molecule has 0 aliphatic heterocycles. The van der Waals surface area contributed by atoms with Crippen molar-refractivity contribution in [3.05, 3.63) is 66.7 Å². The lowest BCUT2D eigenvalue weighted by atomic mass is 10.0. The molecule has 0 saturated heterocycles. The van der Waals surface area contributed by atoms with Crippen molar-refractivity contribution in [3.63, 3.8) is 0 Å². The van der Waals surface area contributed by atoms with Crippen molar-refractivity contribution < 1.29 is 10.2 Å². The number of aromatic nitrogens is 3. The van der Waals surface area contributed by atoms with Gasteiger partial charge in [0.2, 0.25) is 0 Å². The highest BCUT2D eigenvalue weighted by molar-refractivity contribution is 5.97. The van der Waals surface area contributed by atoms with E-state index in [2.05, 4.69) is 15.0 Å². The standard InChI is InChI=1S/C22H19N3O2/c26-20-4-2-1-3-17(20)19-12-25-22-18(19)8-15(11-24-22)14-7-16(10-23-9-14)21(27)13-5-6-13/h1-4,7-13,21,26-27H,5-6H2,(H,24,25). The van der Waals surface area contributed by atoms with Gasteiger partial charge in [0.15, 0.2) is 0 Å². The molecule has 27 heavy (non-hydrogen) atoms. The summed E-state index contributed by atoms with van der Waals surface area (Å²) in [7, 11) is 0. The first-order valence-corrected chi connectivity index (χ1v) is 9.09. The Morgan fingerprint density at radius 1 is 1.00 bits per heavy atom. The lowest BCUT2D eigenvalue weighted by molar-refractivity contribution is 0.153. The Bertz CT molecular complexity index is 1130. The second kappa shape index (κ2) is 6.21. The van der Waals surface area contributed by atoms with Crippen LogP contribution in [0.5, 0.6) is 5.75 Å². The molecule has 0 amide bonds. The normalized spacial score (nSPS) is 15.1. The number of fused-ring (bicyclic) bond motifs is 1. The van der Waals surface area contributed by atoms with Gasteiger partial charge < -0.3 is 15.2 Å². The molecular formula is C22H19N3O2. The molecule has 1 aliphatic rings. The first-order chi connectivity index (χ1) is 13.2. The molecule has 5 rings (SSSR count). The van der Waals surface area contributed by atoms with Gasteiger partial charge in [0, 0.05) is 52.4 Å². The number of aliphatic hydroxyl groups excluding tert-OH is 1. The summed E-state index contributed by atoms with van der Waals surface area (Å²) in [5.41, 5.74) is 5.13. The third-order valence-corrected chi connectivity index (χ3v) is 5.23. The predicted octanol–water partition coefficient (Wildman–Crippen LogP) is 4.44. The molecule has 3 heterocycles. The van der Waals surface area contributed by atoms with Crippen molar-refractivity contribution in [2.24, 2.45) is 5.92 Å². The van der Waals surface area contributed by atoms with Gasteiger partial charge >= 0.3 is 0 Å². The average Bonchev–Trinajstić information content (AvgIpc) is 3.47. The van der Waals surface area contributed by atoms with Crippen LogP contribution >= 0.6 is 0 Å². The Balaban J connectivity index is 1.60. The molecule has 0 spiro atoms. The molecule has 3 aromatic heterocycles. The first kappa shape index (κ1) is 16.0. The SMILES string of the molecule is Oc1ccccc1-c1c[nH]c2ncc(-c3cncc(C(O)C4CC4)c3)cc12. The van der Waals surface area contributed by atoms with Gasteiger partial charge in [-0.25, -0.2) is 4.98 Å². The van der Waals surface area contributed by atoms with Crippen LogP contribution in [0.15, 0.2) is 61.2 Å². The quantitative estimate of drug-likeness (QED) is 0.504. The zero-order valence-electron chi connectivity index (χ0n) is 14.6. The number of pyridine rings is 2. The van der Waals surface area contributed by atoms with Gasteiger partial charge in [0.25, 0.3) is 0 Å².